The molecule has 0 bridgehead atoms. The molecule has 0 saturated carbocycles. The van der Waals surface area contributed by atoms with Crippen molar-refractivity contribution in [3.63, 3.8) is 0 Å². The number of halogens is 1. The first-order chi connectivity index (χ1) is 12.2. The summed E-state index contributed by atoms with van der Waals surface area (Å²) in [6.07, 6.45) is 4.75. The van der Waals surface area contributed by atoms with Gasteiger partial charge in [-0.3, -0.25) is 9.69 Å². The van der Waals surface area contributed by atoms with Gasteiger partial charge in [0.25, 0.3) is 0 Å². The molecule has 0 spiro atoms. The first kappa shape index (κ1) is 17.4. The van der Waals surface area contributed by atoms with Gasteiger partial charge in [0, 0.05) is 0 Å². The molecule has 1 saturated heterocycles. The van der Waals surface area contributed by atoms with Gasteiger partial charge < -0.3 is 4.42 Å². The van der Waals surface area contributed by atoms with Crippen LogP contribution in [0.3, 0.4) is 0 Å². The number of amidine groups is 1. The van der Waals surface area contributed by atoms with Gasteiger partial charge in [0.15, 0.2) is 5.17 Å². The lowest BCUT2D eigenvalue weighted by Gasteiger charge is -2.15. The predicted octanol–water partition coefficient (Wildman–Crippen LogP) is 4.05. The molecule has 0 unspecified atom stereocenters. The van der Waals surface area contributed by atoms with Crippen LogP contribution in [0, 0.1) is 5.82 Å². The van der Waals surface area contributed by atoms with Crippen molar-refractivity contribution in [2.24, 2.45) is 10.2 Å². The molecule has 2 aromatic rings. The Bertz CT molecular complexity index is 772. The fourth-order valence-electron chi connectivity index (χ4n) is 2.45. The quantitative estimate of drug-likeness (QED) is 0.577. The Morgan fingerprint density at radius 3 is 2.80 bits per heavy atom. The molecule has 1 aromatic carbocycles. The molecular weight excluding hydrogens is 341 g/mol. The largest absolute Gasteiger partial charge is 0.463 e. The summed E-state index contributed by atoms with van der Waals surface area (Å²) in [6, 6.07) is 9.65. The summed E-state index contributed by atoms with van der Waals surface area (Å²) in [5.41, 5.74) is 0.843. The van der Waals surface area contributed by atoms with Crippen LogP contribution in [0.15, 0.2) is 57.3 Å². The van der Waals surface area contributed by atoms with E-state index < -0.39 is 0 Å². The smallest absolute Gasteiger partial charge is 0.242 e. The molecule has 2 heterocycles. The summed E-state index contributed by atoms with van der Waals surface area (Å²) >= 11 is 1.42. The zero-order valence-electron chi connectivity index (χ0n) is 13.8. The van der Waals surface area contributed by atoms with Crippen LogP contribution in [0.5, 0.6) is 0 Å². The van der Waals surface area contributed by atoms with Crippen LogP contribution in [0.25, 0.3) is 0 Å². The number of nitrogens with zero attached hydrogens (tertiary/aromatic N) is 3. The molecule has 0 N–H and O–H groups in total. The van der Waals surface area contributed by atoms with Crippen LogP contribution in [-0.4, -0.2) is 27.4 Å². The highest BCUT2D eigenvalue weighted by Gasteiger charge is 2.37. The minimum absolute atomic E-state index is 0.0168. The number of thioether (sulfide) groups is 1. The highest BCUT2D eigenvalue weighted by Crippen LogP contribution is 2.31. The maximum Gasteiger partial charge on any atom is 0.242 e. The van der Waals surface area contributed by atoms with E-state index in [1.54, 1.807) is 35.4 Å². The Hall–Kier alpha value is -2.41. The summed E-state index contributed by atoms with van der Waals surface area (Å²) in [4.78, 5) is 14.3. The Morgan fingerprint density at radius 2 is 2.12 bits per heavy atom. The first-order valence-corrected chi connectivity index (χ1v) is 8.92. The van der Waals surface area contributed by atoms with Crippen molar-refractivity contribution in [2.45, 2.75) is 31.6 Å². The minimum atomic E-state index is -0.299. The van der Waals surface area contributed by atoms with E-state index >= 15 is 0 Å². The maximum absolute atomic E-state index is 13.1. The van der Waals surface area contributed by atoms with Crippen molar-refractivity contribution < 1.29 is 13.6 Å². The molecule has 1 fully saturated rings. The monoisotopic (exact) mass is 359 g/mol. The third kappa shape index (κ3) is 4.36. The van der Waals surface area contributed by atoms with Crippen molar-refractivity contribution in [2.75, 3.05) is 0 Å². The second-order valence-corrected chi connectivity index (χ2v) is 6.76. The van der Waals surface area contributed by atoms with Crippen LogP contribution >= 0.6 is 11.8 Å². The lowest BCUT2D eigenvalue weighted by molar-refractivity contribution is -0.126. The number of hydrogen-bond acceptors (Lipinski definition) is 5. The summed E-state index contributed by atoms with van der Waals surface area (Å²) in [5, 5.41) is 8.62. The van der Waals surface area contributed by atoms with Gasteiger partial charge in [-0.1, -0.05) is 37.2 Å². The molecule has 0 aliphatic carbocycles. The molecule has 0 radical (unpaired) electrons. The molecule has 3 rings (SSSR count). The Morgan fingerprint density at radius 1 is 1.32 bits per heavy atom. The first-order valence-electron chi connectivity index (χ1n) is 8.04. The highest BCUT2D eigenvalue weighted by atomic mass is 32.2. The summed E-state index contributed by atoms with van der Waals surface area (Å²) in [7, 11) is 0. The minimum Gasteiger partial charge on any atom is -0.463 e. The van der Waals surface area contributed by atoms with E-state index in [1.807, 2.05) is 6.92 Å². The average molecular weight is 359 g/mol. The molecule has 5 nitrogen and oxygen atoms in total. The average Bonchev–Trinajstić information content (AvgIpc) is 3.21. The number of carbonyl (C=O) groups excluding carboxylic acids is 1. The van der Waals surface area contributed by atoms with Gasteiger partial charge >= 0.3 is 0 Å². The Balaban J connectivity index is 1.79. The normalized spacial score (nSPS) is 19.4. The van der Waals surface area contributed by atoms with E-state index in [9.17, 15) is 9.18 Å². The lowest BCUT2D eigenvalue weighted by atomic mass is 10.2. The zero-order chi connectivity index (χ0) is 17.6. The predicted molar refractivity (Wildman–Crippen MR) is 97.0 cm³/mol. The third-order valence-corrected chi connectivity index (χ3v) is 4.93. The van der Waals surface area contributed by atoms with E-state index in [0.717, 1.165) is 18.4 Å². The molecule has 7 heteroatoms. The zero-order valence-corrected chi connectivity index (χ0v) is 14.6. The molecule has 1 amide bonds. The summed E-state index contributed by atoms with van der Waals surface area (Å²) < 4.78 is 18.3. The number of benzene rings is 1. The van der Waals surface area contributed by atoms with E-state index in [1.165, 1.54) is 30.1 Å². The van der Waals surface area contributed by atoms with Gasteiger partial charge in [-0.15, -0.1) is 5.10 Å². The molecule has 1 aliphatic heterocycles. The molecule has 1 aliphatic rings. The number of amides is 1. The molecule has 25 heavy (non-hydrogen) atoms. The lowest BCUT2D eigenvalue weighted by Crippen LogP contribution is -2.31. The topological polar surface area (TPSA) is 58.2 Å². The SMILES string of the molecule is CCC[C@H]1S/C(=N/N=C\c2ccco2)N(Cc2ccc(F)cc2)C1=O. The molecule has 1 atom stereocenters. The van der Waals surface area contributed by atoms with Crippen LogP contribution in [0.2, 0.25) is 0 Å². The van der Waals surface area contributed by atoms with Gasteiger partial charge in [0.2, 0.25) is 5.91 Å². The number of rotatable bonds is 6. The summed E-state index contributed by atoms with van der Waals surface area (Å²) in [5.74, 6) is 0.309. The highest BCUT2D eigenvalue weighted by molar-refractivity contribution is 8.15. The Kier molecular flexibility index (Phi) is 5.65. The van der Waals surface area contributed by atoms with Gasteiger partial charge in [-0.25, -0.2) is 4.39 Å². The molecular formula is C18H18FN3O2S. The van der Waals surface area contributed by atoms with Crippen molar-refractivity contribution in [3.05, 3.63) is 59.8 Å². The van der Waals surface area contributed by atoms with Crippen LogP contribution < -0.4 is 0 Å². The second kappa shape index (κ2) is 8.11. The number of hydrogen-bond donors (Lipinski definition) is 0. The van der Waals surface area contributed by atoms with Crippen LogP contribution in [0.4, 0.5) is 4.39 Å². The van der Waals surface area contributed by atoms with Crippen molar-refractivity contribution >= 4 is 29.1 Å². The van der Waals surface area contributed by atoms with Gasteiger partial charge in [0.05, 0.1) is 24.3 Å². The summed E-state index contributed by atoms with van der Waals surface area (Å²) in [6.45, 7) is 2.39. The fraction of sp³-hybridized carbons (Fsp3) is 0.278. The van der Waals surface area contributed by atoms with Gasteiger partial charge in [0.1, 0.15) is 11.6 Å². The molecule has 1 aromatic heterocycles. The van der Waals surface area contributed by atoms with E-state index in [-0.39, 0.29) is 17.0 Å². The van der Waals surface area contributed by atoms with Crippen molar-refractivity contribution in [1.29, 1.82) is 0 Å². The second-order valence-electron chi connectivity index (χ2n) is 5.59. The maximum atomic E-state index is 13.1. The molecule has 130 valence electrons. The van der Waals surface area contributed by atoms with E-state index in [4.69, 9.17) is 4.42 Å². The van der Waals surface area contributed by atoms with Crippen molar-refractivity contribution in [1.82, 2.24) is 4.90 Å². The number of carbonyl (C=O) groups is 1. The Labute approximate surface area is 149 Å². The van der Waals surface area contributed by atoms with Gasteiger partial charge in [-0.05, 0) is 36.2 Å². The van der Waals surface area contributed by atoms with Crippen LogP contribution in [-0.2, 0) is 11.3 Å². The van der Waals surface area contributed by atoms with Crippen LogP contribution in [0.1, 0.15) is 31.1 Å². The third-order valence-electron chi connectivity index (χ3n) is 3.70. The van der Waals surface area contributed by atoms with Gasteiger partial charge in [-0.2, -0.15) is 5.10 Å². The number of furan rings is 1. The fourth-order valence-corrected chi connectivity index (χ4v) is 3.66. The standard InChI is InChI=1S/C18H18FN3O2S/c1-2-4-16-17(23)22(12-13-6-8-14(19)9-7-13)18(25-16)21-20-11-15-5-3-10-24-15/h3,5-11,16H,2,4,12H2,1H3/b20-11-,21-18+/t16-/m1/s1. The van der Waals surface area contributed by atoms with Crippen molar-refractivity contribution in [3.8, 4) is 0 Å². The van der Waals surface area contributed by atoms with E-state index in [2.05, 4.69) is 10.2 Å². The van der Waals surface area contributed by atoms with E-state index in [0.29, 0.717) is 17.5 Å².